The third kappa shape index (κ3) is 5.34. The third-order valence-electron chi connectivity index (χ3n) is 15.0. The van der Waals surface area contributed by atoms with Crippen LogP contribution in [0.15, 0.2) is 11.6 Å². The highest BCUT2D eigenvalue weighted by molar-refractivity contribution is 5.25. The molecule has 0 aromatic heterocycles. The second-order valence-electron chi connectivity index (χ2n) is 18.0. The van der Waals surface area contributed by atoms with Gasteiger partial charge < -0.3 is 49.6 Å². The van der Waals surface area contributed by atoms with Gasteiger partial charge in [0.2, 0.25) is 0 Å². The first-order valence-corrected chi connectivity index (χ1v) is 18.0. The zero-order valence-electron chi connectivity index (χ0n) is 29.9. The number of fused-ring (bicyclic) bond motifs is 5. The molecule has 10 heteroatoms. The Bertz CT molecular complexity index is 1200. The highest BCUT2D eigenvalue weighted by Crippen LogP contribution is 2.76. The van der Waals surface area contributed by atoms with E-state index in [9.17, 15) is 30.6 Å². The summed E-state index contributed by atoms with van der Waals surface area (Å²) in [6, 6.07) is 0. The van der Waals surface area contributed by atoms with E-state index in [0.717, 1.165) is 19.3 Å². The molecule has 4 saturated carbocycles. The van der Waals surface area contributed by atoms with Crippen LogP contribution in [0.2, 0.25) is 0 Å². The maximum Gasteiger partial charge on any atom is 0.186 e. The van der Waals surface area contributed by atoms with Crippen LogP contribution in [0.3, 0.4) is 0 Å². The Morgan fingerprint density at radius 2 is 1.57 bits per heavy atom. The molecule has 6 rings (SSSR count). The van der Waals surface area contributed by atoms with Crippen molar-refractivity contribution in [3.63, 3.8) is 0 Å². The molecule has 0 aromatic rings. The Morgan fingerprint density at radius 3 is 2.17 bits per heavy atom. The smallest absolute Gasteiger partial charge is 0.186 e. The second-order valence-corrected chi connectivity index (χ2v) is 18.0. The van der Waals surface area contributed by atoms with Gasteiger partial charge in [0.15, 0.2) is 6.29 Å². The molecule has 6 N–H and O–H groups in total. The van der Waals surface area contributed by atoms with Gasteiger partial charge in [-0.1, -0.05) is 46.3 Å². The molecule has 2 heterocycles. The van der Waals surface area contributed by atoms with Gasteiger partial charge in [-0.2, -0.15) is 0 Å². The van der Waals surface area contributed by atoms with E-state index in [4.69, 9.17) is 18.9 Å². The van der Waals surface area contributed by atoms with Crippen molar-refractivity contribution in [3.8, 4) is 0 Å². The van der Waals surface area contributed by atoms with Gasteiger partial charge in [-0.15, -0.1) is 0 Å². The topological polar surface area (TPSA) is 162 Å². The molecular formula is C37H62O10. The first-order chi connectivity index (χ1) is 21.8. The predicted octanol–water partition coefficient (Wildman–Crippen LogP) is 2.94. The first kappa shape index (κ1) is 36.1. The second kappa shape index (κ2) is 12.0. The van der Waals surface area contributed by atoms with Gasteiger partial charge in [-0.25, -0.2) is 0 Å². The molecule has 6 fully saturated rings. The first-order valence-electron chi connectivity index (χ1n) is 18.0. The van der Waals surface area contributed by atoms with Crippen LogP contribution in [-0.2, 0) is 18.9 Å². The monoisotopic (exact) mass is 666 g/mol. The van der Waals surface area contributed by atoms with Gasteiger partial charge in [0.05, 0.1) is 30.5 Å². The fraction of sp³-hybridized carbons (Fsp3) is 0.946. The van der Waals surface area contributed by atoms with E-state index in [1.807, 2.05) is 0 Å². The number of ether oxygens (including phenoxy) is 4. The number of aliphatic hydroxyl groups is 6. The minimum atomic E-state index is -1.53. The van der Waals surface area contributed by atoms with Crippen LogP contribution in [0, 0.1) is 45.3 Å². The van der Waals surface area contributed by atoms with Crippen LogP contribution in [0.25, 0.3) is 0 Å². The molecule has 17 atom stereocenters. The van der Waals surface area contributed by atoms with Gasteiger partial charge in [-0.05, 0) is 105 Å². The zero-order chi connectivity index (χ0) is 34.6. The maximum atomic E-state index is 12.2. The van der Waals surface area contributed by atoms with Gasteiger partial charge in [0.1, 0.15) is 36.6 Å². The van der Waals surface area contributed by atoms with Crippen LogP contribution in [0.5, 0.6) is 0 Å². The highest BCUT2D eigenvalue weighted by Gasteiger charge is 2.73. The van der Waals surface area contributed by atoms with Crippen molar-refractivity contribution in [3.05, 3.63) is 11.6 Å². The molecule has 0 unspecified atom stereocenters. The number of aliphatic hydroxyl groups excluding tert-OH is 6. The summed E-state index contributed by atoms with van der Waals surface area (Å²) < 4.78 is 24.5. The Morgan fingerprint density at radius 1 is 0.915 bits per heavy atom. The molecule has 0 amide bonds. The molecule has 4 aliphatic carbocycles. The van der Waals surface area contributed by atoms with Crippen LogP contribution in [0.1, 0.15) is 93.9 Å². The standard InChI is InChI=1S/C37H62O10/c1-18(14-21(44-9)31-34(4,5)47-31)19-10-13-36(7)26(19)20(39)15-24-35(6)12-11-25(40)33(2,3)30(35)22(16-37(24,36)8)45-32-29(43)28(42)27(41)23(17-38)46-32/h14,19-32,38-43H,10-13,15-17H2,1-9H3/b18-14+/t19-,20-,21-,22+,23-,24-,25+,26+,27-,28+,29-,30-,31-,32-,35-,36-,37-/m1/s1. The fourth-order valence-corrected chi connectivity index (χ4v) is 12.3. The summed E-state index contributed by atoms with van der Waals surface area (Å²) in [5, 5.41) is 65.6. The van der Waals surface area contributed by atoms with Crippen LogP contribution >= 0.6 is 0 Å². The zero-order valence-corrected chi connectivity index (χ0v) is 29.9. The molecule has 0 aromatic carbocycles. The van der Waals surface area contributed by atoms with Crippen LogP contribution in [-0.4, -0.2) is 111 Å². The number of methoxy groups -OCH3 is 1. The summed E-state index contributed by atoms with van der Waals surface area (Å²) in [4.78, 5) is 0. The number of epoxide rings is 1. The largest absolute Gasteiger partial charge is 0.394 e. The average molecular weight is 667 g/mol. The summed E-state index contributed by atoms with van der Waals surface area (Å²) in [5.41, 5.74) is -0.328. The average Bonchev–Trinajstić information content (AvgIpc) is 3.46. The molecule has 270 valence electrons. The maximum absolute atomic E-state index is 12.2. The Labute approximate surface area is 280 Å². The molecule has 0 bridgehead atoms. The van der Waals surface area contributed by atoms with Crippen molar-refractivity contribution < 1.29 is 49.6 Å². The Kier molecular flexibility index (Phi) is 9.20. The number of rotatable bonds is 7. The van der Waals surface area contributed by atoms with Crippen molar-refractivity contribution in [1.82, 2.24) is 0 Å². The summed E-state index contributed by atoms with van der Waals surface area (Å²) in [6.45, 7) is 17.0. The van der Waals surface area contributed by atoms with E-state index in [1.165, 1.54) is 5.57 Å². The highest BCUT2D eigenvalue weighted by atomic mass is 16.7. The van der Waals surface area contributed by atoms with Crippen LogP contribution in [0.4, 0.5) is 0 Å². The normalized spacial score (nSPS) is 54.3. The third-order valence-corrected chi connectivity index (χ3v) is 15.0. The fourth-order valence-electron chi connectivity index (χ4n) is 12.3. The lowest BCUT2D eigenvalue weighted by Crippen LogP contribution is -2.70. The minimum Gasteiger partial charge on any atom is -0.394 e. The Hall–Kier alpha value is -0.660. The number of hydrogen-bond donors (Lipinski definition) is 6. The Balaban J connectivity index is 1.37. The summed E-state index contributed by atoms with van der Waals surface area (Å²) in [6.07, 6.45) is -1.64. The van der Waals surface area contributed by atoms with Crippen molar-refractivity contribution in [2.45, 2.75) is 161 Å². The van der Waals surface area contributed by atoms with E-state index in [-0.39, 0.29) is 57.7 Å². The summed E-state index contributed by atoms with van der Waals surface area (Å²) in [5.74, 6) is 0.237. The molecular weight excluding hydrogens is 604 g/mol. The summed E-state index contributed by atoms with van der Waals surface area (Å²) >= 11 is 0. The van der Waals surface area contributed by atoms with Crippen molar-refractivity contribution in [1.29, 1.82) is 0 Å². The van der Waals surface area contributed by atoms with E-state index in [1.54, 1.807) is 7.11 Å². The lowest BCUT2D eigenvalue weighted by atomic mass is 9.34. The van der Waals surface area contributed by atoms with Gasteiger partial charge in [-0.3, -0.25) is 0 Å². The van der Waals surface area contributed by atoms with Crippen molar-refractivity contribution in [2.75, 3.05) is 13.7 Å². The number of hydrogen-bond acceptors (Lipinski definition) is 10. The number of allylic oxidation sites excluding steroid dienone is 1. The molecule has 2 saturated heterocycles. The van der Waals surface area contributed by atoms with Gasteiger partial charge in [0.25, 0.3) is 0 Å². The lowest BCUT2D eigenvalue weighted by molar-refractivity contribution is -0.346. The van der Waals surface area contributed by atoms with E-state index in [0.29, 0.717) is 19.3 Å². The van der Waals surface area contributed by atoms with E-state index < -0.39 is 61.0 Å². The molecule has 47 heavy (non-hydrogen) atoms. The van der Waals surface area contributed by atoms with E-state index >= 15 is 0 Å². The van der Waals surface area contributed by atoms with E-state index in [2.05, 4.69) is 61.5 Å². The van der Waals surface area contributed by atoms with Gasteiger partial charge in [0, 0.05) is 7.11 Å². The minimum absolute atomic E-state index is 0.00831. The molecule has 2 aliphatic heterocycles. The van der Waals surface area contributed by atoms with Gasteiger partial charge >= 0.3 is 0 Å². The predicted molar refractivity (Wildman–Crippen MR) is 174 cm³/mol. The molecule has 10 nitrogen and oxygen atoms in total. The molecule has 6 aliphatic rings. The molecule has 0 radical (unpaired) electrons. The molecule has 0 spiro atoms. The quantitative estimate of drug-likeness (QED) is 0.135. The van der Waals surface area contributed by atoms with Crippen molar-refractivity contribution >= 4 is 0 Å². The lowest BCUT2D eigenvalue weighted by Gasteiger charge is -2.72. The SMILES string of the molecule is CO[C@H](/C=C(\C)[C@H]1CC[C@]2(C)[C@@H]1[C@H](O)C[C@@H]1[C@@]3(C)CC[C@H](O)C(C)(C)[C@H]3[C@@H](O[C@@H]3O[C@H](CO)[C@@H](O)[C@H](O)[C@H]3O)C[C@]12C)[C@H]1OC1(C)C. The van der Waals surface area contributed by atoms with Crippen molar-refractivity contribution in [2.24, 2.45) is 45.3 Å². The van der Waals surface area contributed by atoms with Crippen LogP contribution < -0.4 is 0 Å². The summed E-state index contributed by atoms with van der Waals surface area (Å²) in [7, 11) is 1.73.